The van der Waals surface area contributed by atoms with Crippen molar-refractivity contribution in [2.45, 2.75) is 38.0 Å². The molecule has 2 amide bonds. The number of carbonyl (C=O) groups excluding carboxylic acids is 2. The molecule has 1 fully saturated rings. The molecule has 8 heteroatoms. The van der Waals surface area contributed by atoms with Crippen molar-refractivity contribution in [3.63, 3.8) is 0 Å². The maximum Gasteiger partial charge on any atom is 0.250 e. The molecule has 2 aliphatic rings. The predicted molar refractivity (Wildman–Crippen MR) is 135 cm³/mol. The van der Waals surface area contributed by atoms with Crippen LogP contribution in [0.25, 0.3) is 6.08 Å². The summed E-state index contributed by atoms with van der Waals surface area (Å²) in [5, 5.41) is 12.3. The quantitative estimate of drug-likeness (QED) is 0.449. The van der Waals surface area contributed by atoms with Gasteiger partial charge in [-0.15, -0.1) is 0 Å². The van der Waals surface area contributed by atoms with Gasteiger partial charge >= 0.3 is 0 Å². The highest BCUT2D eigenvalue weighted by atomic mass is 16.3. The third-order valence-corrected chi connectivity index (χ3v) is 6.30. The summed E-state index contributed by atoms with van der Waals surface area (Å²) in [5.74, 6) is 0.116. The number of nitrogen functional groups attached to an aromatic ring is 1. The van der Waals surface area contributed by atoms with Crippen LogP contribution in [0.2, 0.25) is 0 Å². The van der Waals surface area contributed by atoms with Gasteiger partial charge < -0.3 is 26.8 Å². The molecule has 0 bridgehead atoms. The van der Waals surface area contributed by atoms with Gasteiger partial charge in [0, 0.05) is 42.0 Å². The first-order valence-corrected chi connectivity index (χ1v) is 11.6. The number of aliphatic hydroxyl groups excluding tert-OH is 1. The Morgan fingerprint density at radius 2 is 1.94 bits per heavy atom. The summed E-state index contributed by atoms with van der Waals surface area (Å²) in [5.41, 5.74) is 15.5. The lowest BCUT2D eigenvalue weighted by Crippen LogP contribution is -2.36. The van der Waals surface area contributed by atoms with Crippen molar-refractivity contribution < 1.29 is 14.7 Å². The Bertz CT molecular complexity index is 1160. The van der Waals surface area contributed by atoms with Gasteiger partial charge in [0.05, 0.1) is 17.7 Å². The van der Waals surface area contributed by atoms with Crippen LogP contribution in [0.15, 0.2) is 53.0 Å². The van der Waals surface area contributed by atoms with E-state index in [1.165, 1.54) is 0 Å². The molecule has 178 valence electrons. The molecule has 1 saturated carbocycles. The number of amides is 2. The van der Waals surface area contributed by atoms with Gasteiger partial charge in [-0.3, -0.25) is 9.59 Å². The van der Waals surface area contributed by atoms with E-state index in [2.05, 4.69) is 10.3 Å². The minimum atomic E-state index is -0.613. The number of hydrogen-bond donors (Lipinski definition) is 4. The Kier molecular flexibility index (Phi) is 6.70. The van der Waals surface area contributed by atoms with E-state index in [4.69, 9.17) is 11.5 Å². The Morgan fingerprint density at radius 1 is 1.15 bits per heavy atom. The van der Waals surface area contributed by atoms with Crippen LogP contribution < -0.4 is 16.8 Å². The van der Waals surface area contributed by atoms with Gasteiger partial charge in [0.15, 0.2) is 0 Å². The summed E-state index contributed by atoms with van der Waals surface area (Å²) in [6.07, 6.45) is 4.33. The van der Waals surface area contributed by atoms with Gasteiger partial charge in [-0.2, -0.15) is 0 Å². The molecule has 4 rings (SSSR count). The van der Waals surface area contributed by atoms with E-state index in [1.807, 2.05) is 37.3 Å². The number of nitrogens with one attached hydrogen (secondary N) is 1. The highest BCUT2D eigenvalue weighted by Gasteiger charge is 2.51. The van der Waals surface area contributed by atoms with Gasteiger partial charge in [0.2, 0.25) is 11.8 Å². The Hall–Kier alpha value is -3.65. The van der Waals surface area contributed by atoms with Gasteiger partial charge in [-0.05, 0) is 55.2 Å². The fourth-order valence-electron chi connectivity index (χ4n) is 4.37. The number of benzene rings is 2. The van der Waals surface area contributed by atoms with E-state index in [1.54, 1.807) is 23.1 Å². The minimum Gasteiger partial charge on any atom is -0.399 e. The van der Waals surface area contributed by atoms with Gasteiger partial charge in [-0.25, -0.2) is 4.99 Å². The number of amidine groups is 1. The maximum absolute atomic E-state index is 13.2. The van der Waals surface area contributed by atoms with E-state index in [0.717, 1.165) is 30.4 Å². The molecule has 8 nitrogen and oxygen atoms in total. The molecule has 1 heterocycles. The van der Waals surface area contributed by atoms with E-state index in [-0.39, 0.29) is 31.4 Å². The molecule has 0 radical (unpaired) electrons. The largest absolute Gasteiger partial charge is 0.399 e. The number of anilines is 2. The molecule has 1 aliphatic carbocycles. The number of carbonyl (C=O) groups is 2. The first kappa shape index (κ1) is 23.5. The summed E-state index contributed by atoms with van der Waals surface area (Å²) in [7, 11) is 0. The van der Waals surface area contributed by atoms with Crippen molar-refractivity contribution in [1.29, 1.82) is 0 Å². The molecule has 0 aromatic heterocycles. The zero-order valence-corrected chi connectivity index (χ0v) is 19.4. The lowest BCUT2D eigenvalue weighted by Gasteiger charge is -2.22. The fourth-order valence-corrected chi connectivity index (χ4v) is 4.37. The first-order chi connectivity index (χ1) is 16.4. The molecule has 6 N–H and O–H groups in total. The molecular formula is C26H31N5O3. The molecular weight excluding hydrogens is 430 g/mol. The van der Waals surface area contributed by atoms with Crippen molar-refractivity contribution in [3.8, 4) is 0 Å². The Balaban J connectivity index is 1.61. The molecule has 2 aromatic rings. The smallest absolute Gasteiger partial charge is 0.250 e. The monoisotopic (exact) mass is 461 g/mol. The molecule has 2 aromatic carbocycles. The molecule has 0 saturated heterocycles. The highest BCUT2D eigenvalue weighted by molar-refractivity contribution is 6.06. The van der Waals surface area contributed by atoms with Crippen molar-refractivity contribution >= 4 is 40.8 Å². The van der Waals surface area contributed by atoms with Crippen LogP contribution in [0.5, 0.6) is 0 Å². The number of aliphatic hydroxyl groups is 1. The van der Waals surface area contributed by atoms with E-state index in [9.17, 15) is 14.7 Å². The van der Waals surface area contributed by atoms with E-state index >= 15 is 0 Å². The van der Waals surface area contributed by atoms with Crippen molar-refractivity contribution in [3.05, 3.63) is 59.2 Å². The summed E-state index contributed by atoms with van der Waals surface area (Å²) in [4.78, 5) is 32.4. The summed E-state index contributed by atoms with van der Waals surface area (Å²) < 4.78 is 0. The van der Waals surface area contributed by atoms with Crippen LogP contribution >= 0.6 is 0 Å². The third kappa shape index (κ3) is 4.82. The topological polar surface area (TPSA) is 134 Å². The zero-order valence-electron chi connectivity index (χ0n) is 19.4. The molecule has 1 aliphatic heterocycles. The second-order valence-corrected chi connectivity index (χ2v) is 8.90. The Labute approximate surface area is 199 Å². The van der Waals surface area contributed by atoms with Crippen LogP contribution in [0.1, 0.15) is 43.7 Å². The SMILES string of the molecule is CCCN(CCO)C(=O)C1=Cc2ccc(C3(C(=O)Nc4cccc(N)c4)CC3)cc2N=C(N)C1. The molecule has 0 atom stereocenters. The van der Waals surface area contributed by atoms with Crippen LogP contribution in [-0.4, -0.2) is 47.4 Å². The molecule has 0 unspecified atom stereocenters. The average molecular weight is 462 g/mol. The third-order valence-electron chi connectivity index (χ3n) is 6.30. The average Bonchev–Trinajstić information content (AvgIpc) is 3.62. The Morgan fingerprint density at radius 3 is 2.62 bits per heavy atom. The van der Waals surface area contributed by atoms with Gasteiger partial charge in [0.1, 0.15) is 5.84 Å². The molecule has 0 spiro atoms. The first-order valence-electron chi connectivity index (χ1n) is 11.6. The summed E-state index contributed by atoms with van der Waals surface area (Å²) in [6, 6.07) is 12.8. The fraction of sp³-hybridized carbons (Fsp3) is 0.346. The zero-order chi connectivity index (χ0) is 24.3. The van der Waals surface area contributed by atoms with E-state index < -0.39 is 5.41 Å². The van der Waals surface area contributed by atoms with Crippen molar-refractivity contribution in [2.24, 2.45) is 10.7 Å². The predicted octanol–water partition coefficient (Wildman–Crippen LogP) is 2.95. The van der Waals surface area contributed by atoms with Gasteiger partial charge in [-0.1, -0.05) is 25.1 Å². The normalized spacial score (nSPS) is 15.9. The lowest BCUT2D eigenvalue weighted by molar-refractivity contribution is -0.127. The molecule has 34 heavy (non-hydrogen) atoms. The highest BCUT2D eigenvalue weighted by Crippen LogP contribution is 2.50. The van der Waals surface area contributed by atoms with Crippen LogP contribution in [0.3, 0.4) is 0 Å². The number of nitrogens with zero attached hydrogens (tertiary/aromatic N) is 2. The lowest BCUT2D eigenvalue weighted by atomic mass is 9.92. The van der Waals surface area contributed by atoms with Crippen LogP contribution in [0, 0.1) is 0 Å². The number of aliphatic imine (C=N–C) groups is 1. The number of nitrogens with two attached hydrogens (primary N) is 2. The van der Waals surface area contributed by atoms with E-state index in [0.29, 0.717) is 35.0 Å². The second kappa shape index (κ2) is 9.69. The minimum absolute atomic E-state index is 0.0748. The van der Waals surface area contributed by atoms with Crippen LogP contribution in [-0.2, 0) is 15.0 Å². The van der Waals surface area contributed by atoms with Crippen LogP contribution in [0.4, 0.5) is 17.1 Å². The maximum atomic E-state index is 13.2. The summed E-state index contributed by atoms with van der Waals surface area (Å²) in [6.45, 7) is 2.73. The number of hydrogen-bond acceptors (Lipinski definition) is 6. The van der Waals surface area contributed by atoms with Gasteiger partial charge in [0.25, 0.3) is 0 Å². The second-order valence-electron chi connectivity index (χ2n) is 8.90. The van der Waals surface area contributed by atoms with Crippen molar-refractivity contribution in [2.75, 3.05) is 30.7 Å². The number of fused-ring (bicyclic) bond motifs is 1. The standard InChI is InChI=1S/C26H31N5O3/c1-2-10-31(11-12-32)24(33)18-13-17-6-7-19(15-22(17)30-23(28)14-18)26(8-9-26)25(34)29-21-5-3-4-20(27)16-21/h3-7,13,15-16,32H,2,8-12,14,27H2,1H3,(H2,28,30)(H,29,34). The number of rotatable bonds is 8. The summed E-state index contributed by atoms with van der Waals surface area (Å²) >= 11 is 0. The van der Waals surface area contributed by atoms with Crippen molar-refractivity contribution in [1.82, 2.24) is 4.90 Å².